The topological polar surface area (TPSA) is 91.8 Å². The number of carboxylic acids is 1. The van der Waals surface area contributed by atoms with Crippen molar-refractivity contribution < 1.29 is 9.90 Å². The molecular formula is C14H12N4O2. The van der Waals surface area contributed by atoms with Crippen molar-refractivity contribution in [1.29, 1.82) is 0 Å². The molecule has 1 aromatic carbocycles. The highest BCUT2D eigenvalue weighted by Gasteiger charge is 2.09. The number of hydrogen-bond donors (Lipinski definition) is 2. The zero-order valence-electron chi connectivity index (χ0n) is 10.6. The molecule has 0 bridgehead atoms. The zero-order chi connectivity index (χ0) is 13.9. The average molecular weight is 268 g/mol. The fourth-order valence-electron chi connectivity index (χ4n) is 1.99. The van der Waals surface area contributed by atoms with Crippen molar-refractivity contribution in [3.05, 3.63) is 53.7 Å². The van der Waals surface area contributed by atoms with Gasteiger partial charge in [0.15, 0.2) is 5.65 Å². The van der Waals surface area contributed by atoms with E-state index in [0.29, 0.717) is 17.6 Å². The Kier molecular flexibility index (Phi) is 3.12. The lowest BCUT2D eigenvalue weighted by molar-refractivity contribution is -0.136. The minimum absolute atomic E-state index is 0.198. The first-order valence-corrected chi connectivity index (χ1v) is 6.17. The van der Waals surface area contributed by atoms with E-state index in [-0.39, 0.29) is 12.2 Å². The fourth-order valence-corrected chi connectivity index (χ4v) is 1.99. The molecule has 2 N–H and O–H groups in total. The lowest BCUT2D eigenvalue weighted by atomic mass is 10.1. The van der Waals surface area contributed by atoms with Gasteiger partial charge >= 0.3 is 5.97 Å². The SMILES string of the molecule is O=C(O)Cc1ncc2[nH]c(Cc3ccccc3)nc2n1. The van der Waals surface area contributed by atoms with Crippen LogP contribution in [0.25, 0.3) is 11.2 Å². The van der Waals surface area contributed by atoms with Crippen molar-refractivity contribution in [3.8, 4) is 0 Å². The second kappa shape index (κ2) is 5.08. The van der Waals surface area contributed by atoms with Crippen LogP contribution >= 0.6 is 0 Å². The predicted octanol–water partition coefficient (Wildman–Crippen LogP) is 1.57. The summed E-state index contributed by atoms with van der Waals surface area (Å²) in [5.41, 5.74) is 2.36. The standard InChI is InChI=1S/C14H12N4O2/c19-13(20)7-11-15-8-10-14(17-11)18-12(16-10)6-9-4-2-1-3-5-9/h1-5,8H,6-7H2,(H,19,20)(H,15,16,17,18). The number of H-pyrrole nitrogens is 1. The summed E-state index contributed by atoms with van der Waals surface area (Å²) in [6.07, 6.45) is 2.05. The third-order valence-electron chi connectivity index (χ3n) is 2.86. The van der Waals surface area contributed by atoms with Gasteiger partial charge in [0.25, 0.3) is 0 Å². The molecule has 0 aliphatic heterocycles. The average Bonchev–Trinajstić information content (AvgIpc) is 2.80. The van der Waals surface area contributed by atoms with E-state index in [2.05, 4.69) is 19.9 Å². The Morgan fingerprint density at radius 2 is 2.00 bits per heavy atom. The van der Waals surface area contributed by atoms with Crippen molar-refractivity contribution >= 4 is 17.1 Å². The smallest absolute Gasteiger partial charge is 0.311 e. The van der Waals surface area contributed by atoms with Crippen molar-refractivity contribution in [2.24, 2.45) is 0 Å². The highest BCUT2D eigenvalue weighted by atomic mass is 16.4. The molecule has 0 spiro atoms. The van der Waals surface area contributed by atoms with Crippen LogP contribution in [0.2, 0.25) is 0 Å². The van der Waals surface area contributed by atoms with Crippen molar-refractivity contribution in [1.82, 2.24) is 19.9 Å². The van der Waals surface area contributed by atoms with Gasteiger partial charge < -0.3 is 10.1 Å². The Morgan fingerprint density at radius 3 is 2.75 bits per heavy atom. The largest absolute Gasteiger partial charge is 0.481 e. The van der Waals surface area contributed by atoms with Crippen LogP contribution in [0.3, 0.4) is 0 Å². The highest BCUT2D eigenvalue weighted by Crippen LogP contribution is 2.11. The molecule has 3 rings (SSSR count). The quantitative estimate of drug-likeness (QED) is 0.749. The number of fused-ring (bicyclic) bond motifs is 1. The molecule has 0 saturated heterocycles. The van der Waals surface area contributed by atoms with E-state index in [4.69, 9.17) is 5.11 Å². The molecule has 0 atom stereocenters. The van der Waals surface area contributed by atoms with E-state index < -0.39 is 5.97 Å². The number of nitrogens with one attached hydrogen (secondary N) is 1. The lowest BCUT2D eigenvalue weighted by Gasteiger charge is -1.95. The number of carboxylic acid groups (broad SMARTS) is 1. The van der Waals surface area contributed by atoms with Gasteiger partial charge in [0.05, 0.1) is 6.20 Å². The first-order chi connectivity index (χ1) is 9.70. The van der Waals surface area contributed by atoms with Crippen molar-refractivity contribution in [2.75, 3.05) is 0 Å². The summed E-state index contributed by atoms with van der Waals surface area (Å²) in [5.74, 6) is 0.0973. The van der Waals surface area contributed by atoms with Crippen LogP contribution in [-0.4, -0.2) is 31.0 Å². The maximum atomic E-state index is 10.6. The number of hydrogen-bond acceptors (Lipinski definition) is 4. The Hall–Kier alpha value is -2.76. The molecule has 0 aliphatic carbocycles. The summed E-state index contributed by atoms with van der Waals surface area (Å²) < 4.78 is 0. The second-order valence-corrected chi connectivity index (χ2v) is 4.44. The first kappa shape index (κ1) is 12.3. The Balaban J connectivity index is 1.88. The molecule has 0 aliphatic rings. The fraction of sp³-hybridized carbons (Fsp3) is 0.143. The normalized spacial score (nSPS) is 10.8. The third kappa shape index (κ3) is 2.64. The molecule has 6 nitrogen and oxygen atoms in total. The van der Waals surface area contributed by atoms with E-state index in [0.717, 1.165) is 11.4 Å². The molecule has 0 fully saturated rings. The van der Waals surface area contributed by atoms with Crippen LogP contribution in [0.1, 0.15) is 17.2 Å². The number of imidazole rings is 1. The van der Waals surface area contributed by atoms with Crippen LogP contribution in [0.15, 0.2) is 36.5 Å². The molecule has 2 aromatic heterocycles. The van der Waals surface area contributed by atoms with Gasteiger partial charge in [0.2, 0.25) is 0 Å². The van der Waals surface area contributed by atoms with Crippen LogP contribution in [0.5, 0.6) is 0 Å². The number of aromatic nitrogens is 4. The van der Waals surface area contributed by atoms with E-state index in [1.54, 1.807) is 6.20 Å². The Bertz CT molecular complexity index is 752. The van der Waals surface area contributed by atoms with E-state index >= 15 is 0 Å². The molecule has 0 unspecified atom stereocenters. The molecular weight excluding hydrogens is 256 g/mol. The molecule has 0 radical (unpaired) electrons. The number of aromatic amines is 1. The first-order valence-electron chi connectivity index (χ1n) is 6.17. The molecule has 20 heavy (non-hydrogen) atoms. The summed E-state index contributed by atoms with van der Waals surface area (Å²) in [7, 11) is 0. The minimum Gasteiger partial charge on any atom is -0.481 e. The van der Waals surface area contributed by atoms with E-state index in [9.17, 15) is 4.79 Å². The van der Waals surface area contributed by atoms with Gasteiger partial charge in [-0.25, -0.2) is 15.0 Å². The summed E-state index contributed by atoms with van der Waals surface area (Å²) in [6.45, 7) is 0. The number of rotatable bonds is 4. The number of aliphatic carboxylic acids is 1. The van der Waals surface area contributed by atoms with Gasteiger partial charge in [-0.15, -0.1) is 0 Å². The molecule has 2 heterocycles. The Labute approximate surface area is 114 Å². The molecule has 0 amide bonds. The van der Waals surface area contributed by atoms with Gasteiger partial charge in [-0.3, -0.25) is 4.79 Å². The van der Waals surface area contributed by atoms with Gasteiger partial charge in [0.1, 0.15) is 23.6 Å². The molecule has 0 saturated carbocycles. The highest BCUT2D eigenvalue weighted by molar-refractivity contribution is 5.72. The summed E-state index contributed by atoms with van der Waals surface area (Å²) >= 11 is 0. The summed E-state index contributed by atoms with van der Waals surface area (Å²) in [4.78, 5) is 26.3. The minimum atomic E-state index is -0.954. The predicted molar refractivity (Wildman–Crippen MR) is 72.3 cm³/mol. The lowest BCUT2D eigenvalue weighted by Crippen LogP contribution is -2.04. The van der Waals surface area contributed by atoms with Crippen LogP contribution in [-0.2, 0) is 17.6 Å². The third-order valence-corrected chi connectivity index (χ3v) is 2.86. The summed E-state index contributed by atoms with van der Waals surface area (Å²) in [5, 5.41) is 8.73. The van der Waals surface area contributed by atoms with Gasteiger partial charge in [-0.05, 0) is 5.56 Å². The van der Waals surface area contributed by atoms with E-state index in [1.807, 2.05) is 30.3 Å². The van der Waals surface area contributed by atoms with Gasteiger partial charge in [0, 0.05) is 6.42 Å². The molecule has 100 valence electrons. The van der Waals surface area contributed by atoms with Crippen molar-refractivity contribution in [3.63, 3.8) is 0 Å². The number of carbonyl (C=O) groups is 1. The maximum absolute atomic E-state index is 10.6. The summed E-state index contributed by atoms with van der Waals surface area (Å²) in [6, 6.07) is 9.96. The van der Waals surface area contributed by atoms with Crippen LogP contribution in [0.4, 0.5) is 0 Å². The van der Waals surface area contributed by atoms with Crippen molar-refractivity contribution in [2.45, 2.75) is 12.8 Å². The maximum Gasteiger partial charge on any atom is 0.311 e. The molecule has 6 heteroatoms. The molecule has 3 aromatic rings. The van der Waals surface area contributed by atoms with Gasteiger partial charge in [-0.1, -0.05) is 30.3 Å². The zero-order valence-corrected chi connectivity index (χ0v) is 10.6. The van der Waals surface area contributed by atoms with E-state index in [1.165, 1.54) is 0 Å². The Morgan fingerprint density at radius 1 is 1.20 bits per heavy atom. The van der Waals surface area contributed by atoms with Crippen LogP contribution < -0.4 is 0 Å². The van der Waals surface area contributed by atoms with Gasteiger partial charge in [-0.2, -0.15) is 0 Å². The van der Waals surface area contributed by atoms with Crippen LogP contribution in [0, 0.1) is 0 Å². The number of benzene rings is 1. The number of nitrogens with zero attached hydrogens (tertiary/aromatic N) is 3. The second-order valence-electron chi connectivity index (χ2n) is 4.44. The monoisotopic (exact) mass is 268 g/mol.